The van der Waals surface area contributed by atoms with Gasteiger partial charge in [-0.1, -0.05) is 57.2 Å². The number of hydrogen-bond donors (Lipinski definition) is 3. The number of urea groups is 1. The first-order chi connectivity index (χ1) is 15.1. The maximum absolute atomic E-state index is 12.9. The molecule has 0 saturated carbocycles. The van der Waals surface area contributed by atoms with Crippen LogP contribution in [0.5, 0.6) is 0 Å². The van der Waals surface area contributed by atoms with Gasteiger partial charge < -0.3 is 10.6 Å². The lowest BCUT2D eigenvalue weighted by molar-refractivity contribution is 0.0981. The van der Waals surface area contributed by atoms with E-state index in [-0.39, 0.29) is 10.5 Å². The Morgan fingerprint density at radius 1 is 0.719 bits per heavy atom. The molecule has 0 atom stereocenters. The Hall–Kier alpha value is -3.65. The molecule has 0 saturated heterocycles. The summed E-state index contributed by atoms with van der Waals surface area (Å²) >= 11 is 0. The van der Waals surface area contributed by atoms with Crippen molar-refractivity contribution in [2.24, 2.45) is 0 Å². The van der Waals surface area contributed by atoms with E-state index in [0.29, 0.717) is 16.9 Å². The highest BCUT2D eigenvalue weighted by molar-refractivity contribution is 7.90. The Balaban J connectivity index is 1.69. The van der Waals surface area contributed by atoms with Crippen LogP contribution in [0.2, 0.25) is 0 Å². The van der Waals surface area contributed by atoms with Crippen LogP contribution in [0.4, 0.5) is 16.2 Å². The largest absolute Gasteiger partial charge is 0.323 e. The zero-order valence-electron chi connectivity index (χ0n) is 18.0. The van der Waals surface area contributed by atoms with Crippen LogP contribution < -0.4 is 15.4 Å². The highest BCUT2D eigenvalue weighted by Crippen LogP contribution is 2.28. The minimum atomic E-state index is -4.06. The molecule has 0 spiro atoms. The van der Waals surface area contributed by atoms with E-state index in [1.165, 1.54) is 30.3 Å². The van der Waals surface area contributed by atoms with Crippen molar-refractivity contribution in [1.29, 1.82) is 0 Å². The van der Waals surface area contributed by atoms with Crippen LogP contribution in [0.25, 0.3) is 0 Å². The van der Waals surface area contributed by atoms with Gasteiger partial charge in [0, 0.05) is 16.9 Å². The average Bonchev–Trinajstić information content (AvgIpc) is 2.74. The van der Waals surface area contributed by atoms with Gasteiger partial charge in [0.1, 0.15) is 0 Å². The molecule has 0 aliphatic heterocycles. The highest BCUT2D eigenvalue weighted by atomic mass is 32.2. The van der Waals surface area contributed by atoms with Crippen molar-refractivity contribution < 1.29 is 18.0 Å². The van der Waals surface area contributed by atoms with E-state index in [0.717, 1.165) is 0 Å². The van der Waals surface area contributed by atoms with Crippen LogP contribution in [-0.2, 0) is 15.4 Å². The molecule has 3 rings (SSSR count). The van der Waals surface area contributed by atoms with E-state index >= 15 is 0 Å². The average molecular weight is 452 g/mol. The molecule has 0 aliphatic carbocycles. The normalized spacial score (nSPS) is 11.5. The van der Waals surface area contributed by atoms with Crippen molar-refractivity contribution in [2.75, 3.05) is 10.6 Å². The monoisotopic (exact) mass is 451 g/mol. The molecule has 32 heavy (non-hydrogen) atoms. The molecular formula is C24H25N3O4S. The molecule has 0 bridgehead atoms. The van der Waals surface area contributed by atoms with E-state index in [1.807, 2.05) is 26.8 Å². The Labute approximate surface area is 187 Å². The molecule has 3 aromatic carbocycles. The number of para-hydroxylation sites is 1. The molecule has 8 heteroatoms. The second-order valence-corrected chi connectivity index (χ2v) is 9.85. The Morgan fingerprint density at radius 3 is 1.84 bits per heavy atom. The maximum Gasteiger partial charge on any atom is 0.323 e. The van der Waals surface area contributed by atoms with Gasteiger partial charge in [0.2, 0.25) is 0 Å². The molecule has 166 valence electrons. The lowest BCUT2D eigenvalue weighted by Gasteiger charge is -2.22. The summed E-state index contributed by atoms with van der Waals surface area (Å²) in [6.07, 6.45) is 0. The molecule has 0 fully saturated rings. The predicted molar refractivity (Wildman–Crippen MR) is 125 cm³/mol. The van der Waals surface area contributed by atoms with Crippen LogP contribution in [-0.4, -0.2) is 20.4 Å². The van der Waals surface area contributed by atoms with Gasteiger partial charge in [-0.25, -0.2) is 17.9 Å². The van der Waals surface area contributed by atoms with E-state index < -0.39 is 27.4 Å². The fourth-order valence-electron chi connectivity index (χ4n) is 3.08. The summed E-state index contributed by atoms with van der Waals surface area (Å²) in [6.45, 7) is 5.72. The molecule has 7 nitrogen and oxygen atoms in total. The summed E-state index contributed by atoms with van der Waals surface area (Å²) in [5.74, 6) is -0.756. The van der Waals surface area contributed by atoms with Gasteiger partial charge in [0.15, 0.2) is 0 Å². The zero-order valence-corrected chi connectivity index (χ0v) is 18.9. The van der Waals surface area contributed by atoms with Gasteiger partial charge in [0.05, 0.1) is 4.90 Å². The Kier molecular flexibility index (Phi) is 6.64. The second-order valence-electron chi connectivity index (χ2n) is 8.20. The summed E-state index contributed by atoms with van der Waals surface area (Å²) < 4.78 is 27.9. The van der Waals surface area contributed by atoms with Crippen LogP contribution >= 0.6 is 0 Å². The minimum Gasteiger partial charge on any atom is -0.308 e. The third-order valence-electron chi connectivity index (χ3n) is 4.65. The number of sulfonamides is 1. The van der Waals surface area contributed by atoms with Gasteiger partial charge in [-0.3, -0.25) is 4.79 Å². The first-order valence-electron chi connectivity index (χ1n) is 9.96. The molecule has 0 heterocycles. The number of carbonyl (C=O) groups is 2. The van der Waals surface area contributed by atoms with Gasteiger partial charge in [-0.15, -0.1) is 0 Å². The minimum absolute atomic E-state index is 0.0664. The Bertz CT molecular complexity index is 1220. The molecule has 3 amide bonds. The van der Waals surface area contributed by atoms with Crippen molar-refractivity contribution in [3.05, 3.63) is 90.0 Å². The van der Waals surface area contributed by atoms with Gasteiger partial charge in [-0.2, -0.15) is 0 Å². The van der Waals surface area contributed by atoms with Crippen molar-refractivity contribution in [3.8, 4) is 0 Å². The first kappa shape index (κ1) is 23.0. The van der Waals surface area contributed by atoms with Crippen LogP contribution in [0.1, 0.15) is 36.7 Å². The zero-order chi connectivity index (χ0) is 23.4. The molecule has 3 N–H and O–H groups in total. The summed E-state index contributed by atoms with van der Waals surface area (Å²) in [6, 6.07) is 21.1. The second kappa shape index (κ2) is 9.23. The van der Waals surface area contributed by atoms with E-state index in [9.17, 15) is 18.0 Å². The number of benzene rings is 3. The molecule has 0 aromatic heterocycles. The molecule has 0 radical (unpaired) electrons. The van der Waals surface area contributed by atoms with Crippen LogP contribution in [0.3, 0.4) is 0 Å². The van der Waals surface area contributed by atoms with Gasteiger partial charge >= 0.3 is 6.03 Å². The number of carbonyl (C=O) groups excluding carboxylic acids is 2. The number of amides is 3. The SMILES string of the molecule is CC(C)(C)c1ccccc1S(=O)(=O)NC(=O)c1ccc(NC(=O)Nc2ccccc2)cc1. The quantitative estimate of drug-likeness (QED) is 0.521. The fraction of sp³-hybridized carbons (Fsp3) is 0.167. The summed E-state index contributed by atoms with van der Waals surface area (Å²) in [5.41, 5.74) is 1.44. The number of nitrogens with one attached hydrogen (secondary N) is 3. The van der Waals surface area contributed by atoms with Gasteiger partial charge in [-0.05, 0) is 53.4 Å². The lowest BCUT2D eigenvalue weighted by atomic mass is 9.87. The third kappa shape index (κ3) is 5.73. The van der Waals surface area contributed by atoms with E-state index in [1.54, 1.807) is 42.5 Å². The fourth-order valence-corrected chi connectivity index (χ4v) is 4.47. The summed E-state index contributed by atoms with van der Waals surface area (Å²) in [5, 5.41) is 5.34. The highest BCUT2D eigenvalue weighted by Gasteiger charge is 2.27. The van der Waals surface area contributed by atoms with Crippen molar-refractivity contribution >= 4 is 33.3 Å². The maximum atomic E-state index is 12.9. The molecule has 3 aromatic rings. The molecular weight excluding hydrogens is 426 g/mol. The number of hydrogen-bond acceptors (Lipinski definition) is 4. The smallest absolute Gasteiger partial charge is 0.308 e. The van der Waals surface area contributed by atoms with Crippen molar-refractivity contribution in [2.45, 2.75) is 31.1 Å². The number of rotatable bonds is 5. The van der Waals surface area contributed by atoms with Crippen molar-refractivity contribution in [1.82, 2.24) is 4.72 Å². The van der Waals surface area contributed by atoms with Crippen LogP contribution in [0.15, 0.2) is 83.8 Å². The van der Waals surface area contributed by atoms with E-state index in [4.69, 9.17) is 0 Å². The first-order valence-corrected chi connectivity index (χ1v) is 11.4. The predicted octanol–water partition coefficient (Wildman–Crippen LogP) is 4.75. The van der Waals surface area contributed by atoms with Gasteiger partial charge in [0.25, 0.3) is 15.9 Å². The number of anilines is 2. The van der Waals surface area contributed by atoms with Crippen molar-refractivity contribution in [3.63, 3.8) is 0 Å². The topological polar surface area (TPSA) is 104 Å². The summed E-state index contributed by atoms with van der Waals surface area (Å²) in [4.78, 5) is 24.7. The lowest BCUT2D eigenvalue weighted by Crippen LogP contribution is -2.32. The standard InChI is InChI=1S/C24H25N3O4S/c1-24(2,3)20-11-7-8-12-21(20)32(30,31)27-22(28)17-13-15-19(16-14-17)26-23(29)25-18-9-5-4-6-10-18/h4-16H,1-3H3,(H,27,28)(H2,25,26,29). The molecule has 0 unspecified atom stereocenters. The Morgan fingerprint density at radius 2 is 1.25 bits per heavy atom. The van der Waals surface area contributed by atoms with Crippen LogP contribution in [0, 0.1) is 0 Å². The molecule has 0 aliphatic rings. The third-order valence-corrected chi connectivity index (χ3v) is 6.04. The van der Waals surface area contributed by atoms with E-state index in [2.05, 4.69) is 15.4 Å². The summed E-state index contributed by atoms with van der Waals surface area (Å²) in [7, 11) is -4.06.